The summed E-state index contributed by atoms with van der Waals surface area (Å²) in [5.41, 5.74) is 2.28. The number of likely N-dealkylation sites (N-methyl/N-ethyl adjacent to an activating group) is 1. The zero-order chi connectivity index (χ0) is 19.5. The van der Waals surface area contributed by atoms with Crippen molar-refractivity contribution in [2.45, 2.75) is 31.7 Å². The average molecular weight is 394 g/mol. The first-order valence-corrected chi connectivity index (χ1v) is 10.8. The molecule has 0 radical (unpaired) electrons. The average Bonchev–Trinajstić information content (AvgIpc) is 3.18. The van der Waals surface area contributed by atoms with Crippen molar-refractivity contribution in [2.24, 2.45) is 0 Å². The predicted octanol–water partition coefficient (Wildman–Crippen LogP) is 4.70. The number of piperidine rings is 1. The number of hydrogen-bond acceptors (Lipinski definition) is 4. The zero-order valence-electron chi connectivity index (χ0n) is 16.5. The summed E-state index contributed by atoms with van der Waals surface area (Å²) >= 11 is 1.82. The molecular weight excluding hydrogens is 366 g/mol. The van der Waals surface area contributed by atoms with Gasteiger partial charge >= 0.3 is 0 Å². The van der Waals surface area contributed by atoms with Crippen molar-refractivity contribution in [3.8, 4) is 0 Å². The summed E-state index contributed by atoms with van der Waals surface area (Å²) in [7, 11) is 1.91. The second kappa shape index (κ2) is 8.41. The maximum Gasteiger partial charge on any atom is 0.236 e. The third-order valence-electron chi connectivity index (χ3n) is 5.86. The fraction of sp³-hybridized carbons (Fsp3) is 0.391. The molecule has 1 aliphatic heterocycles. The molecule has 146 valence electrons. The summed E-state index contributed by atoms with van der Waals surface area (Å²) in [6.45, 7) is 4.51. The van der Waals surface area contributed by atoms with Crippen LogP contribution in [0.3, 0.4) is 0 Å². The van der Waals surface area contributed by atoms with Gasteiger partial charge < -0.3 is 4.90 Å². The van der Waals surface area contributed by atoms with Crippen molar-refractivity contribution in [1.82, 2.24) is 14.8 Å². The van der Waals surface area contributed by atoms with E-state index < -0.39 is 0 Å². The lowest BCUT2D eigenvalue weighted by molar-refractivity contribution is -0.133. The molecule has 0 bridgehead atoms. The van der Waals surface area contributed by atoms with E-state index in [4.69, 9.17) is 4.98 Å². The van der Waals surface area contributed by atoms with Crippen molar-refractivity contribution < 1.29 is 4.79 Å². The third kappa shape index (κ3) is 4.10. The topological polar surface area (TPSA) is 36.4 Å². The van der Waals surface area contributed by atoms with Crippen molar-refractivity contribution in [2.75, 3.05) is 26.7 Å². The Hall–Kier alpha value is -2.24. The summed E-state index contributed by atoms with van der Waals surface area (Å²) in [5.74, 6) is 0.708. The fourth-order valence-electron chi connectivity index (χ4n) is 3.88. The number of carbonyl (C=O) groups is 1. The van der Waals surface area contributed by atoms with E-state index in [1.807, 2.05) is 47.5 Å². The quantitative estimate of drug-likeness (QED) is 0.631. The first kappa shape index (κ1) is 19.1. The van der Waals surface area contributed by atoms with Gasteiger partial charge in [-0.1, -0.05) is 42.5 Å². The number of amides is 1. The highest BCUT2D eigenvalue weighted by Crippen LogP contribution is 2.33. The number of likely N-dealkylation sites (tertiary alicyclic amines) is 1. The van der Waals surface area contributed by atoms with Gasteiger partial charge in [0.25, 0.3) is 0 Å². The van der Waals surface area contributed by atoms with E-state index in [-0.39, 0.29) is 11.9 Å². The Morgan fingerprint density at radius 1 is 1.14 bits per heavy atom. The van der Waals surface area contributed by atoms with Gasteiger partial charge in [-0.2, -0.15) is 0 Å². The Morgan fingerprint density at radius 3 is 2.54 bits per heavy atom. The Morgan fingerprint density at radius 2 is 1.82 bits per heavy atom. The van der Waals surface area contributed by atoms with Crippen LogP contribution in [0.5, 0.6) is 0 Å². The summed E-state index contributed by atoms with van der Waals surface area (Å²) < 4.78 is 1.27. The first-order chi connectivity index (χ1) is 13.6. The fourth-order valence-corrected chi connectivity index (χ4v) is 5.01. The summed E-state index contributed by atoms with van der Waals surface area (Å²) in [4.78, 5) is 21.8. The number of rotatable bonds is 5. The molecule has 2 aromatic carbocycles. The Bertz CT molecular complexity index is 898. The first-order valence-electron chi connectivity index (χ1n) is 10.0. The molecular formula is C23H27N3OS. The molecule has 0 aliphatic carbocycles. The maximum absolute atomic E-state index is 12.8. The SMILES string of the molecule is C[C@H](c1ccccc1)N(C)C(=O)CN1CCC(c2nc3ccccc3s2)CC1. The highest BCUT2D eigenvalue weighted by atomic mass is 32.1. The second-order valence-corrected chi connectivity index (χ2v) is 8.72. The van der Waals surface area contributed by atoms with Gasteiger partial charge in [0, 0.05) is 13.0 Å². The lowest BCUT2D eigenvalue weighted by Gasteiger charge is -2.33. The van der Waals surface area contributed by atoms with Gasteiger partial charge in [0.2, 0.25) is 5.91 Å². The van der Waals surface area contributed by atoms with E-state index >= 15 is 0 Å². The number of benzene rings is 2. The molecule has 1 atom stereocenters. The van der Waals surface area contributed by atoms with Crippen molar-refractivity contribution in [3.05, 3.63) is 65.2 Å². The van der Waals surface area contributed by atoms with Crippen LogP contribution in [-0.4, -0.2) is 47.4 Å². The standard InChI is InChI=1S/C23H27N3OS/c1-17(18-8-4-3-5-9-18)25(2)22(27)16-26-14-12-19(13-15-26)23-24-20-10-6-7-11-21(20)28-23/h3-11,17,19H,12-16H2,1-2H3/t17-/m1/s1. The van der Waals surface area contributed by atoms with Gasteiger partial charge in [-0.05, 0) is 50.6 Å². The minimum atomic E-state index is 0.0917. The highest BCUT2D eigenvalue weighted by molar-refractivity contribution is 7.18. The molecule has 4 nitrogen and oxygen atoms in total. The molecule has 0 spiro atoms. The van der Waals surface area contributed by atoms with Gasteiger partial charge in [0.05, 0.1) is 27.8 Å². The van der Waals surface area contributed by atoms with Crippen LogP contribution in [0.1, 0.15) is 42.3 Å². The van der Waals surface area contributed by atoms with Crippen LogP contribution in [0.4, 0.5) is 0 Å². The van der Waals surface area contributed by atoms with Gasteiger partial charge in [-0.15, -0.1) is 11.3 Å². The van der Waals surface area contributed by atoms with Gasteiger partial charge in [-0.3, -0.25) is 9.69 Å². The van der Waals surface area contributed by atoms with Crippen molar-refractivity contribution >= 4 is 27.5 Å². The number of hydrogen-bond donors (Lipinski definition) is 0. The monoisotopic (exact) mass is 393 g/mol. The van der Waals surface area contributed by atoms with Crippen LogP contribution < -0.4 is 0 Å². The molecule has 1 saturated heterocycles. The van der Waals surface area contributed by atoms with Crippen LogP contribution in [0, 0.1) is 0 Å². The molecule has 5 heteroatoms. The number of para-hydroxylation sites is 1. The lowest BCUT2D eigenvalue weighted by atomic mass is 9.97. The molecule has 2 heterocycles. The number of fused-ring (bicyclic) bond motifs is 1. The second-order valence-electron chi connectivity index (χ2n) is 7.66. The normalized spacial score (nSPS) is 16.9. The molecule has 0 saturated carbocycles. The van der Waals surface area contributed by atoms with E-state index in [9.17, 15) is 4.79 Å². The van der Waals surface area contributed by atoms with Gasteiger partial charge in [-0.25, -0.2) is 4.98 Å². The Kier molecular flexibility index (Phi) is 5.74. The number of thiazole rings is 1. The molecule has 1 aliphatic rings. The molecule has 0 N–H and O–H groups in total. The van der Waals surface area contributed by atoms with E-state index in [2.05, 4.69) is 42.2 Å². The molecule has 1 fully saturated rings. The smallest absolute Gasteiger partial charge is 0.236 e. The van der Waals surface area contributed by atoms with E-state index in [0.717, 1.165) is 31.4 Å². The molecule has 1 amide bonds. The predicted molar refractivity (Wildman–Crippen MR) is 116 cm³/mol. The van der Waals surface area contributed by atoms with Crippen LogP contribution in [-0.2, 0) is 4.79 Å². The molecule has 0 unspecified atom stereocenters. The Labute approximate surface area is 170 Å². The van der Waals surface area contributed by atoms with Gasteiger partial charge in [0.1, 0.15) is 0 Å². The van der Waals surface area contributed by atoms with Gasteiger partial charge in [0.15, 0.2) is 0 Å². The minimum Gasteiger partial charge on any atom is -0.338 e. The van der Waals surface area contributed by atoms with Crippen LogP contribution in [0.15, 0.2) is 54.6 Å². The lowest BCUT2D eigenvalue weighted by Crippen LogP contribution is -2.42. The van der Waals surface area contributed by atoms with E-state index in [1.54, 1.807) is 0 Å². The van der Waals surface area contributed by atoms with Crippen LogP contribution in [0.2, 0.25) is 0 Å². The summed E-state index contributed by atoms with van der Waals surface area (Å²) in [5, 5.41) is 1.25. The van der Waals surface area contributed by atoms with E-state index in [0.29, 0.717) is 12.5 Å². The van der Waals surface area contributed by atoms with Crippen LogP contribution >= 0.6 is 11.3 Å². The van der Waals surface area contributed by atoms with Crippen LogP contribution in [0.25, 0.3) is 10.2 Å². The molecule has 1 aromatic heterocycles. The molecule has 4 rings (SSSR count). The highest BCUT2D eigenvalue weighted by Gasteiger charge is 2.26. The summed E-state index contributed by atoms with van der Waals surface area (Å²) in [6, 6.07) is 18.7. The zero-order valence-corrected chi connectivity index (χ0v) is 17.4. The van der Waals surface area contributed by atoms with Crippen molar-refractivity contribution in [3.63, 3.8) is 0 Å². The summed E-state index contributed by atoms with van der Waals surface area (Å²) in [6.07, 6.45) is 2.15. The maximum atomic E-state index is 12.8. The largest absolute Gasteiger partial charge is 0.338 e. The molecule has 28 heavy (non-hydrogen) atoms. The molecule has 3 aromatic rings. The van der Waals surface area contributed by atoms with E-state index in [1.165, 1.54) is 15.3 Å². The minimum absolute atomic E-state index is 0.0917. The van der Waals surface area contributed by atoms with Crippen molar-refractivity contribution in [1.29, 1.82) is 0 Å². The number of carbonyl (C=O) groups excluding carboxylic acids is 1. The Balaban J connectivity index is 1.32. The number of nitrogens with zero attached hydrogens (tertiary/aromatic N) is 3. The third-order valence-corrected chi connectivity index (χ3v) is 7.06. The number of aromatic nitrogens is 1.